The molecule has 0 bridgehead atoms. The first-order chi connectivity index (χ1) is 22.1. The number of rotatable bonds is 11. The molecule has 1 amide bonds. The van der Waals surface area contributed by atoms with Gasteiger partial charge in [0.05, 0.1) is 23.5 Å². The lowest BCUT2D eigenvalue weighted by atomic mass is 10.1. The van der Waals surface area contributed by atoms with Crippen LogP contribution in [-0.4, -0.2) is 26.2 Å². The van der Waals surface area contributed by atoms with Crippen molar-refractivity contribution in [3.63, 3.8) is 0 Å². The van der Waals surface area contributed by atoms with E-state index in [0.717, 1.165) is 10.1 Å². The van der Waals surface area contributed by atoms with Crippen LogP contribution in [0, 0.1) is 16.3 Å². The maximum atomic E-state index is 15.0. The van der Waals surface area contributed by atoms with Gasteiger partial charge in [0.15, 0.2) is 0 Å². The lowest BCUT2D eigenvalue weighted by Gasteiger charge is -2.21. The molecule has 0 aliphatic carbocycles. The molecule has 0 fully saturated rings. The molecule has 3 aromatic carbocycles. The Morgan fingerprint density at radius 3 is 2.43 bits per heavy atom. The van der Waals surface area contributed by atoms with E-state index in [2.05, 4.69) is 10.6 Å². The fourth-order valence-corrected chi connectivity index (χ4v) is 5.76. The summed E-state index contributed by atoms with van der Waals surface area (Å²) in [7, 11) is 1.49. The third-order valence-corrected chi connectivity index (χ3v) is 8.21. The first-order valence-electron chi connectivity index (χ1n) is 14.7. The highest BCUT2D eigenvalue weighted by Crippen LogP contribution is 2.28. The molecular formula is C34H33FIN5O5. The number of ether oxygens (including phenoxy) is 1. The lowest BCUT2D eigenvalue weighted by molar-refractivity contribution is -0.114. The monoisotopic (exact) mass is 737 g/mol. The van der Waals surface area contributed by atoms with Crippen LogP contribution < -0.4 is 27.4 Å². The van der Waals surface area contributed by atoms with Gasteiger partial charge in [-0.25, -0.2) is 9.18 Å². The highest BCUT2D eigenvalue weighted by Gasteiger charge is 2.24. The maximum Gasteiger partial charge on any atom is 0.336 e. The zero-order chi connectivity index (χ0) is 33.0. The van der Waals surface area contributed by atoms with Gasteiger partial charge in [0.1, 0.15) is 17.0 Å². The molecule has 0 aliphatic rings. The largest absolute Gasteiger partial charge is 0.377 e. The number of unbranched alkanes of at least 4 members (excludes halogenated alkanes) is 1. The Kier molecular flexibility index (Phi) is 10.2. The minimum Gasteiger partial charge on any atom is -0.377 e. The third kappa shape index (κ3) is 6.97. The SMILES string of the molecule is CC(=O)Nc1cccc(-n2c(=O)n(CCCCOCc3ccccc3)c(=O)c3c(Nc4ccc(I)cc4F)n(C)c(=O)c(C)c32)c1. The molecule has 0 atom stereocenters. The summed E-state index contributed by atoms with van der Waals surface area (Å²) in [6.45, 7) is 3.87. The molecule has 238 valence electrons. The zero-order valence-corrected chi connectivity index (χ0v) is 27.8. The number of halogens is 2. The van der Waals surface area contributed by atoms with Crippen molar-refractivity contribution in [3.8, 4) is 5.69 Å². The third-order valence-electron chi connectivity index (χ3n) is 7.54. The Morgan fingerprint density at radius 2 is 1.72 bits per heavy atom. The normalized spacial score (nSPS) is 11.2. The van der Waals surface area contributed by atoms with Gasteiger partial charge in [0.2, 0.25) is 5.91 Å². The number of pyridine rings is 1. The summed E-state index contributed by atoms with van der Waals surface area (Å²) in [4.78, 5) is 53.7. The fraction of sp³-hybridized carbons (Fsp3) is 0.235. The topological polar surface area (TPSA) is 116 Å². The van der Waals surface area contributed by atoms with E-state index in [-0.39, 0.29) is 40.4 Å². The molecular weight excluding hydrogens is 704 g/mol. The lowest BCUT2D eigenvalue weighted by Crippen LogP contribution is -2.41. The van der Waals surface area contributed by atoms with Gasteiger partial charge in [-0.05, 0) is 84.3 Å². The number of amides is 1. The van der Waals surface area contributed by atoms with E-state index >= 15 is 4.39 Å². The molecule has 5 rings (SSSR count). The number of benzene rings is 3. The number of fused-ring (bicyclic) bond motifs is 1. The van der Waals surface area contributed by atoms with Crippen LogP contribution in [0.1, 0.15) is 30.9 Å². The molecule has 0 radical (unpaired) electrons. The van der Waals surface area contributed by atoms with Crippen molar-refractivity contribution in [2.75, 3.05) is 17.2 Å². The predicted octanol–water partition coefficient (Wildman–Crippen LogP) is 5.60. The van der Waals surface area contributed by atoms with Gasteiger partial charge in [-0.3, -0.25) is 28.1 Å². The zero-order valence-electron chi connectivity index (χ0n) is 25.6. The van der Waals surface area contributed by atoms with Gasteiger partial charge in [0, 0.05) is 41.9 Å². The minimum absolute atomic E-state index is 0.0439. The number of carbonyl (C=O) groups is 1. The minimum atomic E-state index is -0.648. The van der Waals surface area contributed by atoms with Crippen molar-refractivity contribution in [3.05, 3.63) is 125 Å². The van der Waals surface area contributed by atoms with Crippen LogP contribution in [0.4, 0.5) is 21.6 Å². The van der Waals surface area contributed by atoms with Crippen molar-refractivity contribution in [2.45, 2.75) is 39.8 Å². The van der Waals surface area contributed by atoms with Crippen molar-refractivity contribution in [1.29, 1.82) is 0 Å². The summed E-state index contributed by atoms with van der Waals surface area (Å²) in [6, 6.07) is 20.9. The van der Waals surface area contributed by atoms with E-state index in [0.29, 0.717) is 41.0 Å². The first-order valence-corrected chi connectivity index (χ1v) is 15.8. The molecule has 0 saturated heterocycles. The number of aromatic nitrogens is 3. The summed E-state index contributed by atoms with van der Waals surface area (Å²) >= 11 is 1.99. The molecule has 0 aliphatic heterocycles. The second kappa shape index (κ2) is 14.3. The van der Waals surface area contributed by atoms with Crippen molar-refractivity contribution in [2.24, 2.45) is 7.05 Å². The Hall–Kier alpha value is -4.56. The average Bonchev–Trinajstić information content (AvgIpc) is 3.02. The highest BCUT2D eigenvalue weighted by molar-refractivity contribution is 14.1. The standard InChI is InChI=1S/C34H33FIN5O5/c1-21-30-29(31(39(3)32(21)43)38-28-15-14-24(36)18-27(28)35)33(44)40(16-7-8-17-46-20-23-10-5-4-6-11-23)34(45)41(30)26-13-9-12-25(19-26)37-22(2)42/h4-6,9-15,18-19,38H,7-8,16-17,20H2,1-3H3,(H,37,42). The smallest absolute Gasteiger partial charge is 0.336 e. The Morgan fingerprint density at radius 1 is 0.957 bits per heavy atom. The van der Waals surface area contributed by atoms with Crippen molar-refractivity contribution >= 4 is 56.6 Å². The summed E-state index contributed by atoms with van der Waals surface area (Å²) in [5, 5.41) is 5.71. The molecule has 0 spiro atoms. The molecule has 5 aromatic rings. The van der Waals surface area contributed by atoms with Crippen LogP contribution in [0.25, 0.3) is 16.6 Å². The number of carbonyl (C=O) groups excluding carboxylic acids is 1. The van der Waals surface area contributed by atoms with E-state index in [1.54, 1.807) is 37.3 Å². The van der Waals surface area contributed by atoms with Gasteiger partial charge < -0.3 is 15.4 Å². The molecule has 2 heterocycles. The quantitative estimate of drug-likeness (QED) is 0.135. The van der Waals surface area contributed by atoms with Crippen LogP contribution in [0.15, 0.2) is 87.2 Å². The number of nitrogens with one attached hydrogen (secondary N) is 2. The summed E-state index contributed by atoms with van der Waals surface area (Å²) in [5.74, 6) is -0.826. The van der Waals surface area contributed by atoms with Crippen LogP contribution in [0.2, 0.25) is 0 Å². The van der Waals surface area contributed by atoms with E-state index in [4.69, 9.17) is 4.74 Å². The van der Waals surface area contributed by atoms with Crippen LogP contribution in [0.5, 0.6) is 0 Å². The van der Waals surface area contributed by atoms with Gasteiger partial charge in [-0.1, -0.05) is 36.4 Å². The highest BCUT2D eigenvalue weighted by atomic mass is 127. The molecule has 2 N–H and O–H groups in total. The van der Waals surface area contributed by atoms with E-state index in [1.807, 2.05) is 52.9 Å². The Balaban J connectivity index is 1.64. The molecule has 12 heteroatoms. The molecule has 46 heavy (non-hydrogen) atoms. The van der Waals surface area contributed by atoms with E-state index in [9.17, 15) is 19.2 Å². The molecule has 2 aromatic heterocycles. The van der Waals surface area contributed by atoms with Crippen LogP contribution in [0.3, 0.4) is 0 Å². The first kappa shape index (κ1) is 32.8. The predicted molar refractivity (Wildman–Crippen MR) is 186 cm³/mol. The molecule has 0 unspecified atom stereocenters. The van der Waals surface area contributed by atoms with Gasteiger partial charge in [-0.15, -0.1) is 0 Å². The van der Waals surface area contributed by atoms with Crippen molar-refractivity contribution < 1.29 is 13.9 Å². The van der Waals surface area contributed by atoms with E-state index < -0.39 is 22.6 Å². The number of aryl methyl sites for hydroxylation is 1. The fourth-order valence-electron chi connectivity index (χ4n) is 5.31. The number of nitrogens with zero attached hydrogens (tertiary/aromatic N) is 3. The summed E-state index contributed by atoms with van der Waals surface area (Å²) < 4.78 is 25.2. The van der Waals surface area contributed by atoms with Crippen LogP contribution >= 0.6 is 22.6 Å². The van der Waals surface area contributed by atoms with Crippen molar-refractivity contribution in [1.82, 2.24) is 13.7 Å². The second-order valence-electron chi connectivity index (χ2n) is 10.9. The number of anilines is 3. The van der Waals surface area contributed by atoms with Crippen LogP contribution in [-0.2, 0) is 29.7 Å². The number of hydrogen-bond acceptors (Lipinski definition) is 6. The summed E-state index contributed by atoms with van der Waals surface area (Å²) in [5.41, 5.74) is 0.385. The summed E-state index contributed by atoms with van der Waals surface area (Å²) in [6.07, 6.45) is 1.04. The van der Waals surface area contributed by atoms with Gasteiger partial charge >= 0.3 is 5.69 Å². The molecule has 10 nitrogen and oxygen atoms in total. The number of hydrogen-bond donors (Lipinski definition) is 2. The second-order valence-corrected chi connectivity index (χ2v) is 12.1. The van der Waals surface area contributed by atoms with Gasteiger partial charge in [-0.2, -0.15) is 0 Å². The maximum absolute atomic E-state index is 15.0. The Labute approximate surface area is 277 Å². The van der Waals surface area contributed by atoms with Gasteiger partial charge in [0.25, 0.3) is 11.1 Å². The molecule has 0 saturated carbocycles. The van der Waals surface area contributed by atoms with E-state index in [1.165, 1.54) is 35.2 Å². The Bertz CT molecular complexity index is 2110. The average molecular weight is 738 g/mol.